The first kappa shape index (κ1) is 14.7. The van der Waals surface area contributed by atoms with Gasteiger partial charge in [-0.1, -0.05) is 19.1 Å². The molecule has 1 amide bonds. The van der Waals surface area contributed by atoms with Gasteiger partial charge in [-0.2, -0.15) is 0 Å². The zero-order chi connectivity index (χ0) is 14.8. The summed E-state index contributed by atoms with van der Waals surface area (Å²) in [5.41, 5.74) is 6.69. The zero-order valence-electron chi connectivity index (χ0n) is 12.1. The Balaban J connectivity index is 2.07. The Bertz CT molecular complexity index is 506. The fourth-order valence-electron chi connectivity index (χ4n) is 2.38. The molecule has 0 spiro atoms. The molecule has 4 heteroatoms. The minimum absolute atomic E-state index is 0.0849. The predicted molar refractivity (Wildman–Crippen MR) is 78.7 cm³/mol. The third-order valence-corrected chi connectivity index (χ3v) is 4.09. The minimum atomic E-state index is -0.324. The standard InChI is InChI=1S/C16H22N2O2/c1-3-14(19)11-4-6-12(7-5-11)15(20)18-16(2,10-17)13-8-9-13/h4-7,13H,3,8-10,17H2,1-2H3,(H,18,20). The first-order valence-electron chi connectivity index (χ1n) is 7.16. The number of carbonyl (C=O) groups excluding carboxylic acids is 2. The first-order chi connectivity index (χ1) is 9.50. The van der Waals surface area contributed by atoms with Crippen molar-refractivity contribution in [3.8, 4) is 0 Å². The van der Waals surface area contributed by atoms with E-state index in [0.29, 0.717) is 30.0 Å². The van der Waals surface area contributed by atoms with E-state index in [2.05, 4.69) is 5.32 Å². The van der Waals surface area contributed by atoms with Gasteiger partial charge >= 0.3 is 0 Å². The third kappa shape index (κ3) is 3.07. The summed E-state index contributed by atoms with van der Waals surface area (Å²) in [5, 5.41) is 3.04. The Labute approximate surface area is 119 Å². The van der Waals surface area contributed by atoms with E-state index in [0.717, 1.165) is 12.8 Å². The van der Waals surface area contributed by atoms with E-state index in [9.17, 15) is 9.59 Å². The molecule has 20 heavy (non-hydrogen) atoms. The molecule has 1 fully saturated rings. The molecule has 0 bridgehead atoms. The van der Waals surface area contributed by atoms with Crippen molar-refractivity contribution in [1.82, 2.24) is 5.32 Å². The Morgan fingerprint density at radius 1 is 1.25 bits per heavy atom. The molecule has 1 atom stereocenters. The van der Waals surface area contributed by atoms with Crippen LogP contribution in [-0.2, 0) is 0 Å². The molecule has 1 aliphatic rings. The maximum absolute atomic E-state index is 12.3. The highest BCUT2D eigenvalue weighted by atomic mass is 16.2. The summed E-state index contributed by atoms with van der Waals surface area (Å²) in [7, 11) is 0. The van der Waals surface area contributed by atoms with Gasteiger partial charge < -0.3 is 11.1 Å². The van der Waals surface area contributed by atoms with Crippen molar-refractivity contribution in [3.63, 3.8) is 0 Å². The number of nitrogens with two attached hydrogens (primary N) is 1. The highest BCUT2D eigenvalue weighted by Gasteiger charge is 2.41. The summed E-state index contributed by atoms with van der Waals surface area (Å²) in [4.78, 5) is 23.8. The number of benzene rings is 1. The smallest absolute Gasteiger partial charge is 0.251 e. The second-order valence-electron chi connectivity index (χ2n) is 5.70. The lowest BCUT2D eigenvalue weighted by Gasteiger charge is -2.29. The van der Waals surface area contributed by atoms with Crippen molar-refractivity contribution in [3.05, 3.63) is 35.4 Å². The molecule has 1 aromatic rings. The third-order valence-electron chi connectivity index (χ3n) is 4.09. The molecule has 0 saturated heterocycles. The van der Waals surface area contributed by atoms with Gasteiger partial charge in [0.1, 0.15) is 0 Å². The lowest BCUT2D eigenvalue weighted by molar-refractivity contribution is 0.0896. The van der Waals surface area contributed by atoms with Crippen LogP contribution in [-0.4, -0.2) is 23.8 Å². The molecule has 1 aliphatic carbocycles. The summed E-state index contributed by atoms with van der Waals surface area (Å²) in [6, 6.07) is 6.80. The van der Waals surface area contributed by atoms with Crippen molar-refractivity contribution in [1.29, 1.82) is 0 Å². The van der Waals surface area contributed by atoms with Crippen LogP contribution in [0.2, 0.25) is 0 Å². The van der Waals surface area contributed by atoms with E-state index >= 15 is 0 Å². The Hall–Kier alpha value is -1.68. The van der Waals surface area contributed by atoms with Crippen LogP contribution in [0.1, 0.15) is 53.8 Å². The van der Waals surface area contributed by atoms with Crippen LogP contribution in [0, 0.1) is 5.92 Å². The highest BCUT2D eigenvalue weighted by Crippen LogP contribution is 2.39. The van der Waals surface area contributed by atoms with Gasteiger partial charge in [0, 0.05) is 24.1 Å². The molecule has 1 unspecified atom stereocenters. The Morgan fingerprint density at radius 2 is 1.80 bits per heavy atom. The lowest BCUT2D eigenvalue weighted by atomic mass is 9.95. The zero-order valence-corrected chi connectivity index (χ0v) is 12.1. The average Bonchev–Trinajstić information content (AvgIpc) is 3.31. The predicted octanol–water partition coefficient (Wildman–Crippen LogP) is 2.14. The largest absolute Gasteiger partial charge is 0.345 e. The van der Waals surface area contributed by atoms with Gasteiger partial charge in [-0.05, 0) is 37.8 Å². The number of Topliss-reactive ketones (excluding diaryl/α,β-unsaturated/α-hetero) is 1. The quantitative estimate of drug-likeness (QED) is 0.781. The van der Waals surface area contributed by atoms with E-state index in [1.54, 1.807) is 24.3 Å². The van der Waals surface area contributed by atoms with Crippen LogP contribution >= 0.6 is 0 Å². The summed E-state index contributed by atoms with van der Waals surface area (Å²) in [6.07, 6.45) is 2.72. The molecular formula is C16H22N2O2. The van der Waals surface area contributed by atoms with E-state index in [1.165, 1.54) is 0 Å². The van der Waals surface area contributed by atoms with Crippen molar-refractivity contribution < 1.29 is 9.59 Å². The van der Waals surface area contributed by atoms with Gasteiger partial charge in [-0.3, -0.25) is 9.59 Å². The summed E-state index contributed by atoms with van der Waals surface area (Å²) >= 11 is 0. The molecule has 108 valence electrons. The number of ketones is 1. The van der Waals surface area contributed by atoms with Gasteiger partial charge in [0.25, 0.3) is 5.91 Å². The monoisotopic (exact) mass is 274 g/mol. The van der Waals surface area contributed by atoms with Gasteiger partial charge in [-0.25, -0.2) is 0 Å². The number of nitrogens with one attached hydrogen (secondary N) is 1. The molecule has 2 rings (SSSR count). The maximum Gasteiger partial charge on any atom is 0.251 e. The van der Waals surface area contributed by atoms with Crippen molar-refractivity contribution in [2.45, 2.75) is 38.6 Å². The number of rotatable bonds is 6. The van der Waals surface area contributed by atoms with Crippen LogP contribution in [0.15, 0.2) is 24.3 Å². The Kier molecular flexibility index (Phi) is 4.23. The van der Waals surface area contributed by atoms with E-state index in [1.807, 2.05) is 13.8 Å². The van der Waals surface area contributed by atoms with E-state index in [-0.39, 0.29) is 17.2 Å². The van der Waals surface area contributed by atoms with Gasteiger partial charge in [-0.15, -0.1) is 0 Å². The summed E-state index contributed by atoms with van der Waals surface area (Å²) in [5.74, 6) is 0.444. The molecular weight excluding hydrogens is 252 g/mol. The molecule has 1 saturated carbocycles. The van der Waals surface area contributed by atoms with Crippen LogP contribution in [0.25, 0.3) is 0 Å². The van der Waals surface area contributed by atoms with Gasteiger partial charge in [0.2, 0.25) is 0 Å². The van der Waals surface area contributed by atoms with Crippen molar-refractivity contribution in [2.24, 2.45) is 11.7 Å². The van der Waals surface area contributed by atoms with Crippen LogP contribution in [0.5, 0.6) is 0 Å². The second kappa shape index (κ2) is 5.75. The van der Waals surface area contributed by atoms with Crippen LogP contribution in [0.3, 0.4) is 0 Å². The van der Waals surface area contributed by atoms with Crippen molar-refractivity contribution in [2.75, 3.05) is 6.54 Å². The molecule has 3 N–H and O–H groups in total. The fourth-order valence-corrected chi connectivity index (χ4v) is 2.38. The topological polar surface area (TPSA) is 72.2 Å². The SMILES string of the molecule is CCC(=O)c1ccc(C(=O)NC(C)(CN)C2CC2)cc1. The van der Waals surface area contributed by atoms with Crippen LogP contribution in [0.4, 0.5) is 0 Å². The van der Waals surface area contributed by atoms with Crippen LogP contribution < -0.4 is 11.1 Å². The fraction of sp³-hybridized carbons (Fsp3) is 0.500. The molecule has 0 aliphatic heterocycles. The van der Waals surface area contributed by atoms with Gasteiger partial charge in [0.15, 0.2) is 5.78 Å². The van der Waals surface area contributed by atoms with Gasteiger partial charge in [0.05, 0.1) is 5.54 Å². The minimum Gasteiger partial charge on any atom is -0.345 e. The molecule has 0 aromatic heterocycles. The average molecular weight is 274 g/mol. The Morgan fingerprint density at radius 3 is 2.25 bits per heavy atom. The highest BCUT2D eigenvalue weighted by molar-refractivity contribution is 5.98. The number of amides is 1. The molecule has 4 nitrogen and oxygen atoms in total. The van der Waals surface area contributed by atoms with E-state index in [4.69, 9.17) is 5.73 Å². The number of hydrogen-bond acceptors (Lipinski definition) is 3. The second-order valence-corrected chi connectivity index (χ2v) is 5.70. The summed E-state index contributed by atoms with van der Waals surface area (Å²) in [6.45, 7) is 4.26. The molecule has 1 aromatic carbocycles. The number of hydrogen-bond donors (Lipinski definition) is 2. The van der Waals surface area contributed by atoms with Crippen molar-refractivity contribution >= 4 is 11.7 Å². The number of carbonyl (C=O) groups is 2. The molecule has 0 radical (unpaired) electrons. The normalized spacial score (nSPS) is 17.4. The summed E-state index contributed by atoms with van der Waals surface area (Å²) < 4.78 is 0. The first-order valence-corrected chi connectivity index (χ1v) is 7.16. The molecule has 0 heterocycles. The van der Waals surface area contributed by atoms with E-state index < -0.39 is 0 Å². The lowest BCUT2D eigenvalue weighted by Crippen LogP contribution is -2.53. The maximum atomic E-state index is 12.3.